The number of hydrogen-bond acceptors (Lipinski definition) is 3. The molecule has 0 aromatic heterocycles. The minimum atomic E-state index is 0.0195. The predicted octanol–water partition coefficient (Wildman–Crippen LogP) is 2.06. The van der Waals surface area contributed by atoms with E-state index < -0.39 is 0 Å². The van der Waals surface area contributed by atoms with Gasteiger partial charge in [0.1, 0.15) is 6.54 Å². The van der Waals surface area contributed by atoms with E-state index in [0.29, 0.717) is 13.0 Å². The Bertz CT molecular complexity index is 423. The number of rotatable bonds is 7. The Hall–Kier alpha value is -1.86. The van der Waals surface area contributed by atoms with Crippen LogP contribution in [-0.2, 0) is 11.3 Å². The van der Waals surface area contributed by atoms with Gasteiger partial charge in [0.25, 0.3) is 0 Å². The minimum Gasteiger partial charge on any atom is -0.328 e. The Morgan fingerprint density at radius 3 is 2.68 bits per heavy atom. The second kappa shape index (κ2) is 8.28. The fourth-order valence-corrected chi connectivity index (χ4v) is 1.85. The maximum atomic E-state index is 12.1. The maximum absolute atomic E-state index is 12.1. The van der Waals surface area contributed by atoms with E-state index >= 15 is 0 Å². The molecular weight excluding hydrogens is 238 g/mol. The highest BCUT2D eigenvalue weighted by Crippen LogP contribution is 2.08. The summed E-state index contributed by atoms with van der Waals surface area (Å²) in [4.78, 5) is 13.6. The monoisotopic (exact) mass is 259 g/mol. The van der Waals surface area contributed by atoms with Gasteiger partial charge in [0.2, 0.25) is 5.91 Å². The standard InChI is InChI=1S/C15H21N3O/c1-13(17)6-5-9-15(19)18(11-10-16)12-14-7-3-2-4-8-14/h2-4,7-8,13H,5-6,9,11-12,17H2,1H3. The summed E-state index contributed by atoms with van der Waals surface area (Å²) in [5.41, 5.74) is 6.70. The van der Waals surface area contributed by atoms with Crippen molar-refractivity contribution in [1.29, 1.82) is 5.26 Å². The van der Waals surface area contributed by atoms with Crippen molar-refractivity contribution in [2.24, 2.45) is 5.73 Å². The van der Waals surface area contributed by atoms with Gasteiger partial charge in [0, 0.05) is 19.0 Å². The topological polar surface area (TPSA) is 70.1 Å². The Balaban J connectivity index is 2.52. The normalized spacial score (nSPS) is 11.6. The van der Waals surface area contributed by atoms with Crippen molar-refractivity contribution < 1.29 is 4.79 Å². The Morgan fingerprint density at radius 1 is 1.42 bits per heavy atom. The highest BCUT2D eigenvalue weighted by Gasteiger charge is 2.13. The zero-order valence-corrected chi connectivity index (χ0v) is 11.4. The Kier molecular flexibility index (Phi) is 6.62. The van der Waals surface area contributed by atoms with Crippen LogP contribution >= 0.6 is 0 Å². The van der Waals surface area contributed by atoms with Crippen molar-refractivity contribution >= 4 is 5.91 Å². The van der Waals surface area contributed by atoms with Crippen molar-refractivity contribution in [3.63, 3.8) is 0 Å². The first-order valence-corrected chi connectivity index (χ1v) is 6.57. The molecule has 0 heterocycles. The number of nitrogens with two attached hydrogens (primary N) is 1. The van der Waals surface area contributed by atoms with Crippen LogP contribution in [0.3, 0.4) is 0 Å². The molecule has 4 heteroatoms. The van der Waals surface area contributed by atoms with E-state index in [0.717, 1.165) is 18.4 Å². The third-order valence-electron chi connectivity index (χ3n) is 2.88. The van der Waals surface area contributed by atoms with E-state index in [4.69, 9.17) is 11.0 Å². The molecule has 0 radical (unpaired) electrons. The third-order valence-corrected chi connectivity index (χ3v) is 2.88. The molecule has 0 fully saturated rings. The number of hydrogen-bond donors (Lipinski definition) is 1. The zero-order chi connectivity index (χ0) is 14.1. The van der Waals surface area contributed by atoms with Gasteiger partial charge in [0.05, 0.1) is 6.07 Å². The molecule has 1 unspecified atom stereocenters. The highest BCUT2D eigenvalue weighted by molar-refractivity contribution is 5.76. The van der Waals surface area contributed by atoms with Gasteiger partial charge >= 0.3 is 0 Å². The summed E-state index contributed by atoms with van der Waals surface area (Å²) in [7, 11) is 0. The van der Waals surface area contributed by atoms with Crippen LogP contribution in [0.25, 0.3) is 0 Å². The minimum absolute atomic E-state index is 0.0195. The number of carbonyl (C=O) groups excluding carboxylic acids is 1. The first kappa shape index (κ1) is 15.2. The summed E-state index contributed by atoms with van der Waals surface area (Å²) in [6.07, 6.45) is 2.06. The van der Waals surface area contributed by atoms with Gasteiger partial charge in [0.15, 0.2) is 0 Å². The second-order valence-electron chi connectivity index (χ2n) is 4.76. The van der Waals surface area contributed by atoms with Gasteiger partial charge in [-0.1, -0.05) is 30.3 Å². The fraction of sp³-hybridized carbons (Fsp3) is 0.467. The molecule has 1 aromatic carbocycles. The average molecular weight is 259 g/mol. The molecule has 1 amide bonds. The Labute approximate surface area is 114 Å². The van der Waals surface area contributed by atoms with E-state index in [1.165, 1.54) is 0 Å². The molecule has 4 nitrogen and oxygen atoms in total. The third kappa shape index (κ3) is 6.03. The maximum Gasteiger partial charge on any atom is 0.223 e. The molecule has 0 aliphatic heterocycles. The largest absolute Gasteiger partial charge is 0.328 e. The van der Waals surface area contributed by atoms with Gasteiger partial charge in [-0.05, 0) is 25.3 Å². The molecule has 1 atom stereocenters. The lowest BCUT2D eigenvalue weighted by Crippen LogP contribution is -2.31. The average Bonchev–Trinajstić information content (AvgIpc) is 2.39. The van der Waals surface area contributed by atoms with E-state index in [1.54, 1.807) is 4.90 Å². The van der Waals surface area contributed by atoms with Gasteiger partial charge < -0.3 is 10.6 Å². The number of benzene rings is 1. The van der Waals surface area contributed by atoms with Gasteiger partial charge in [-0.2, -0.15) is 5.26 Å². The number of nitrogens with zero attached hydrogens (tertiary/aromatic N) is 2. The van der Waals surface area contributed by atoms with Crippen LogP contribution in [0.1, 0.15) is 31.7 Å². The number of carbonyl (C=O) groups is 1. The molecule has 0 aliphatic carbocycles. The molecule has 0 saturated heterocycles. The van der Waals surface area contributed by atoms with E-state index in [1.807, 2.05) is 43.3 Å². The lowest BCUT2D eigenvalue weighted by atomic mass is 10.1. The SMILES string of the molecule is CC(N)CCCC(=O)N(CC#N)Cc1ccccc1. The van der Waals surface area contributed by atoms with Crippen molar-refractivity contribution in [3.8, 4) is 6.07 Å². The molecule has 102 valence electrons. The van der Waals surface area contributed by atoms with E-state index in [2.05, 4.69) is 0 Å². The summed E-state index contributed by atoms with van der Waals surface area (Å²) in [5, 5.41) is 8.81. The van der Waals surface area contributed by atoms with Crippen LogP contribution in [0.4, 0.5) is 0 Å². The molecule has 1 aromatic rings. The van der Waals surface area contributed by atoms with Crippen LogP contribution in [-0.4, -0.2) is 23.4 Å². The van der Waals surface area contributed by atoms with Gasteiger partial charge in [-0.15, -0.1) is 0 Å². The first-order valence-electron chi connectivity index (χ1n) is 6.57. The first-order chi connectivity index (χ1) is 9.13. The fourth-order valence-electron chi connectivity index (χ4n) is 1.85. The predicted molar refractivity (Wildman–Crippen MR) is 75.0 cm³/mol. The van der Waals surface area contributed by atoms with Crippen molar-refractivity contribution in [2.75, 3.05) is 6.54 Å². The summed E-state index contributed by atoms with van der Waals surface area (Å²) in [5.74, 6) is 0.0195. The lowest BCUT2D eigenvalue weighted by molar-refractivity contribution is -0.131. The molecule has 0 spiro atoms. The van der Waals surface area contributed by atoms with Crippen molar-refractivity contribution in [2.45, 2.75) is 38.8 Å². The van der Waals surface area contributed by atoms with Crippen LogP contribution < -0.4 is 5.73 Å². The quantitative estimate of drug-likeness (QED) is 0.762. The number of nitriles is 1. The molecule has 0 saturated carbocycles. The van der Waals surface area contributed by atoms with Gasteiger partial charge in [-0.3, -0.25) is 4.79 Å². The second-order valence-corrected chi connectivity index (χ2v) is 4.76. The van der Waals surface area contributed by atoms with Crippen molar-refractivity contribution in [1.82, 2.24) is 4.90 Å². The molecule has 0 aliphatic rings. The summed E-state index contributed by atoms with van der Waals surface area (Å²) >= 11 is 0. The molecule has 1 rings (SSSR count). The van der Waals surface area contributed by atoms with Crippen LogP contribution in [0.5, 0.6) is 0 Å². The van der Waals surface area contributed by atoms with Crippen LogP contribution in [0.2, 0.25) is 0 Å². The number of amides is 1. The molecular formula is C15H21N3O. The zero-order valence-electron chi connectivity index (χ0n) is 11.4. The van der Waals surface area contributed by atoms with E-state index in [9.17, 15) is 4.79 Å². The van der Waals surface area contributed by atoms with E-state index in [-0.39, 0.29) is 18.5 Å². The lowest BCUT2D eigenvalue weighted by Gasteiger charge is -2.20. The summed E-state index contributed by atoms with van der Waals surface area (Å²) in [6, 6.07) is 11.9. The van der Waals surface area contributed by atoms with Gasteiger partial charge in [-0.25, -0.2) is 0 Å². The molecule has 2 N–H and O–H groups in total. The smallest absolute Gasteiger partial charge is 0.223 e. The highest BCUT2D eigenvalue weighted by atomic mass is 16.2. The van der Waals surface area contributed by atoms with Crippen molar-refractivity contribution in [3.05, 3.63) is 35.9 Å². The molecule has 19 heavy (non-hydrogen) atoms. The van der Waals surface area contributed by atoms with Crippen LogP contribution in [0.15, 0.2) is 30.3 Å². The summed E-state index contributed by atoms with van der Waals surface area (Å²) in [6.45, 7) is 2.55. The molecule has 0 bridgehead atoms. The van der Waals surface area contributed by atoms with Crippen LogP contribution in [0, 0.1) is 11.3 Å². The summed E-state index contributed by atoms with van der Waals surface area (Å²) < 4.78 is 0. The Morgan fingerprint density at radius 2 is 2.11 bits per heavy atom.